The number of halogens is 2. The molecule has 0 aliphatic rings. The number of nitrogens with zero attached hydrogens (tertiary/aromatic N) is 2. The molecule has 2 N–H and O–H groups in total. The predicted molar refractivity (Wildman–Crippen MR) is 210 cm³/mol. The van der Waals surface area contributed by atoms with Crippen molar-refractivity contribution in [2.75, 3.05) is 0 Å². The number of fused-ring (bicyclic) bond motifs is 2. The van der Waals surface area contributed by atoms with Gasteiger partial charge in [-0.3, -0.25) is 4.79 Å². The fourth-order valence-electron chi connectivity index (χ4n) is 6.89. The van der Waals surface area contributed by atoms with E-state index < -0.39 is 23.5 Å². The smallest absolute Gasteiger partial charge is 0.360 e. The van der Waals surface area contributed by atoms with Gasteiger partial charge in [0.05, 0.1) is 16.4 Å². The summed E-state index contributed by atoms with van der Waals surface area (Å²) in [6, 6.07) is 44.0. The molecule has 0 aliphatic heterocycles. The van der Waals surface area contributed by atoms with Crippen molar-refractivity contribution < 1.29 is 32.6 Å². The SMILES string of the molecule is NC(=O)c1c(OC(=O)c2cc3c(OCc4ccccc4)cc(F)cc3n2Cc2ccccc2)c2c(OCc3ccccc3)cc(F)cc2n1Cc1ccccc1. The Hall–Kier alpha value is -7.20. The van der Waals surface area contributed by atoms with Crippen molar-refractivity contribution in [3.63, 3.8) is 0 Å². The third-order valence-electron chi connectivity index (χ3n) is 9.48. The van der Waals surface area contributed by atoms with Crippen LogP contribution in [0.15, 0.2) is 152 Å². The summed E-state index contributed by atoms with van der Waals surface area (Å²) >= 11 is 0. The van der Waals surface area contributed by atoms with Crippen molar-refractivity contribution in [2.45, 2.75) is 26.3 Å². The number of esters is 1. The topological polar surface area (TPSA) is 97.7 Å². The largest absolute Gasteiger partial charge is 0.488 e. The Balaban J connectivity index is 1.28. The van der Waals surface area contributed by atoms with E-state index in [9.17, 15) is 9.59 Å². The van der Waals surface area contributed by atoms with Crippen molar-refractivity contribution in [3.05, 3.63) is 197 Å². The molecular weight excluding hydrogens is 713 g/mol. The highest BCUT2D eigenvalue weighted by atomic mass is 19.1. The fourth-order valence-corrected chi connectivity index (χ4v) is 6.89. The molecule has 0 fully saturated rings. The van der Waals surface area contributed by atoms with Crippen LogP contribution in [0.5, 0.6) is 17.2 Å². The van der Waals surface area contributed by atoms with E-state index in [1.54, 1.807) is 10.6 Å². The van der Waals surface area contributed by atoms with Crippen molar-refractivity contribution in [1.82, 2.24) is 9.13 Å². The molecule has 8 rings (SSSR count). The van der Waals surface area contributed by atoms with Gasteiger partial charge in [0.2, 0.25) is 0 Å². The first-order valence-electron chi connectivity index (χ1n) is 17.9. The number of hydrogen-bond donors (Lipinski definition) is 1. The fraction of sp³-hybridized carbons (Fsp3) is 0.0870. The van der Waals surface area contributed by atoms with Crippen molar-refractivity contribution in [2.24, 2.45) is 5.73 Å². The van der Waals surface area contributed by atoms with Gasteiger partial charge >= 0.3 is 5.97 Å². The van der Waals surface area contributed by atoms with Crippen LogP contribution in [0.25, 0.3) is 21.8 Å². The molecule has 0 atom stereocenters. The molecule has 2 heterocycles. The third kappa shape index (κ3) is 7.45. The molecule has 0 aliphatic carbocycles. The lowest BCUT2D eigenvalue weighted by molar-refractivity contribution is 0.0724. The minimum Gasteiger partial charge on any atom is -0.488 e. The first kappa shape index (κ1) is 35.8. The summed E-state index contributed by atoms with van der Waals surface area (Å²) in [5, 5.41) is 0.657. The van der Waals surface area contributed by atoms with Crippen LogP contribution >= 0.6 is 0 Å². The van der Waals surface area contributed by atoms with E-state index in [1.807, 2.05) is 121 Å². The first-order valence-corrected chi connectivity index (χ1v) is 17.9. The highest BCUT2D eigenvalue weighted by Gasteiger charge is 2.30. The molecule has 1 amide bonds. The standard InChI is InChI=1S/C46H35F2N3O5/c47-34-21-37-36(40(23-34)54-28-32-17-9-3-10-18-32)25-39(50(37)26-30-13-5-1-6-14-30)46(53)56-44-42-38(51(43(44)45(49)52)27-31-15-7-2-8-16-31)22-35(48)24-41(42)55-29-33-19-11-4-12-20-33/h1-25H,26-29H2,(H2,49,52). The second kappa shape index (κ2) is 15.6. The summed E-state index contributed by atoms with van der Waals surface area (Å²) in [6.07, 6.45) is 0. The van der Waals surface area contributed by atoms with Gasteiger partial charge in [0, 0.05) is 30.6 Å². The van der Waals surface area contributed by atoms with Crippen LogP contribution in [0.4, 0.5) is 8.78 Å². The number of carbonyl (C=O) groups is 2. The lowest BCUT2D eigenvalue weighted by Gasteiger charge is -2.13. The number of amides is 1. The Kier molecular flexibility index (Phi) is 10.0. The number of rotatable bonds is 13. The van der Waals surface area contributed by atoms with Gasteiger partial charge < -0.3 is 29.1 Å². The van der Waals surface area contributed by atoms with Crippen LogP contribution in [-0.4, -0.2) is 21.0 Å². The van der Waals surface area contributed by atoms with Gasteiger partial charge in [-0.25, -0.2) is 13.6 Å². The van der Waals surface area contributed by atoms with E-state index in [0.717, 1.165) is 22.3 Å². The molecule has 0 bridgehead atoms. The molecule has 8 nitrogen and oxygen atoms in total. The molecule has 0 saturated heterocycles. The summed E-state index contributed by atoms with van der Waals surface area (Å²) in [5.41, 5.74) is 9.88. The summed E-state index contributed by atoms with van der Waals surface area (Å²) < 4.78 is 52.6. The highest BCUT2D eigenvalue weighted by molar-refractivity contribution is 6.08. The van der Waals surface area contributed by atoms with E-state index in [-0.39, 0.29) is 65.8 Å². The average Bonchev–Trinajstić information content (AvgIpc) is 3.72. The number of primary amides is 1. The molecular formula is C46H35F2N3O5. The Bertz CT molecular complexity index is 2680. The number of ether oxygens (including phenoxy) is 3. The molecule has 0 saturated carbocycles. The van der Waals surface area contributed by atoms with Crippen LogP contribution in [0.1, 0.15) is 43.2 Å². The quantitative estimate of drug-likeness (QED) is 0.119. The molecule has 6 aromatic carbocycles. The lowest BCUT2D eigenvalue weighted by Crippen LogP contribution is -2.21. The van der Waals surface area contributed by atoms with E-state index in [2.05, 4.69) is 0 Å². The number of benzene rings is 6. The first-order chi connectivity index (χ1) is 27.3. The summed E-state index contributed by atoms with van der Waals surface area (Å²) in [4.78, 5) is 28.1. The number of nitrogens with two attached hydrogens (primary N) is 1. The molecule has 0 radical (unpaired) electrons. The second-order valence-electron chi connectivity index (χ2n) is 13.3. The van der Waals surface area contributed by atoms with Gasteiger partial charge in [-0.05, 0) is 40.5 Å². The Morgan fingerprint density at radius 2 is 1.02 bits per heavy atom. The van der Waals surface area contributed by atoms with Crippen LogP contribution in [0.2, 0.25) is 0 Å². The molecule has 56 heavy (non-hydrogen) atoms. The van der Waals surface area contributed by atoms with Gasteiger partial charge in [-0.2, -0.15) is 0 Å². The highest BCUT2D eigenvalue weighted by Crippen LogP contribution is 2.42. The number of aromatic nitrogens is 2. The van der Waals surface area contributed by atoms with Gasteiger partial charge in [0.1, 0.15) is 42.0 Å². The van der Waals surface area contributed by atoms with E-state index in [4.69, 9.17) is 19.9 Å². The normalized spacial score (nSPS) is 11.2. The maximum Gasteiger partial charge on any atom is 0.360 e. The lowest BCUT2D eigenvalue weighted by atomic mass is 10.2. The van der Waals surface area contributed by atoms with Crippen LogP contribution in [-0.2, 0) is 26.3 Å². The minimum atomic E-state index is -0.905. The monoisotopic (exact) mass is 747 g/mol. The molecule has 8 aromatic rings. The van der Waals surface area contributed by atoms with Crippen molar-refractivity contribution in [3.8, 4) is 17.2 Å². The predicted octanol–water partition coefficient (Wildman–Crippen LogP) is 9.45. The molecule has 10 heteroatoms. The van der Waals surface area contributed by atoms with Gasteiger partial charge in [0.25, 0.3) is 5.91 Å². The Morgan fingerprint density at radius 3 is 1.55 bits per heavy atom. The van der Waals surface area contributed by atoms with Gasteiger partial charge in [-0.15, -0.1) is 0 Å². The summed E-state index contributed by atoms with van der Waals surface area (Å²) in [6.45, 7) is 0.495. The van der Waals surface area contributed by atoms with Crippen LogP contribution in [0.3, 0.4) is 0 Å². The Labute approximate surface area is 320 Å². The third-order valence-corrected chi connectivity index (χ3v) is 9.48. The summed E-state index contributed by atoms with van der Waals surface area (Å²) in [7, 11) is 0. The molecule has 0 spiro atoms. The Morgan fingerprint density at radius 1 is 0.554 bits per heavy atom. The molecule has 0 unspecified atom stereocenters. The van der Waals surface area contributed by atoms with E-state index in [1.165, 1.54) is 28.8 Å². The van der Waals surface area contributed by atoms with Crippen molar-refractivity contribution in [1.29, 1.82) is 0 Å². The van der Waals surface area contributed by atoms with Gasteiger partial charge in [0.15, 0.2) is 11.4 Å². The molecule has 278 valence electrons. The van der Waals surface area contributed by atoms with Crippen molar-refractivity contribution >= 4 is 33.7 Å². The second-order valence-corrected chi connectivity index (χ2v) is 13.3. The molecule has 2 aromatic heterocycles. The van der Waals surface area contributed by atoms with Crippen LogP contribution in [0, 0.1) is 11.6 Å². The summed E-state index contributed by atoms with van der Waals surface area (Å²) in [5.74, 6) is -2.88. The van der Waals surface area contributed by atoms with E-state index >= 15 is 8.78 Å². The van der Waals surface area contributed by atoms with Gasteiger partial charge in [-0.1, -0.05) is 121 Å². The van der Waals surface area contributed by atoms with Crippen LogP contribution < -0.4 is 19.9 Å². The maximum absolute atomic E-state index is 15.5. The van der Waals surface area contributed by atoms with E-state index in [0.29, 0.717) is 10.9 Å². The zero-order chi connectivity index (χ0) is 38.6. The number of carbonyl (C=O) groups excluding carboxylic acids is 2. The maximum atomic E-state index is 15.5. The minimum absolute atomic E-state index is 0.0458. The zero-order valence-corrected chi connectivity index (χ0v) is 30.0. The average molecular weight is 748 g/mol. The number of hydrogen-bond acceptors (Lipinski definition) is 5. The zero-order valence-electron chi connectivity index (χ0n) is 30.0.